The minimum absolute atomic E-state index is 0.131. The molecule has 0 aliphatic carbocycles. The molecule has 0 bridgehead atoms. The summed E-state index contributed by atoms with van der Waals surface area (Å²) < 4.78 is 0.853. The molecule has 0 aliphatic rings. The van der Waals surface area contributed by atoms with Crippen LogP contribution < -0.4 is 10.6 Å². The molecule has 110 valence electrons. The Morgan fingerprint density at radius 3 is 2.90 bits per heavy atom. The van der Waals surface area contributed by atoms with Crippen molar-refractivity contribution in [1.82, 2.24) is 10.3 Å². The summed E-state index contributed by atoms with van der Waals surface area (Å²) in [6, 6.07) is 6.43. The van der Waals surface area contributed by atoms with Gasteiger partial charge in [0.2, 0.25) is 0 Å². The highest BCUT2D eigenvalue weighted by Gasteiger charge is 2.12. The van der Waals surface area contributed by atoms with Gasteiger partial charge in [-0.15, -0.1) is 0 Å². The predicted octanol–water partition coefficient (Wildman–Crippen LogP) is 2.98. The van der Waals surface area contributed by atoms with Gasteiger partial charge in [-0.25, -0.2) is 4.79 Å². The number of halogens is 1. The van der Waals surface area contributed by atoms with Crippen LogP contribution in [0.5, 0.6) is 0 Å². The number of anilines is 1. The molecule has 2 aromatic rings. The Hall–Kier alpha value is -2.15. The number of carbonyl (C=O) groups is 2. The number of nitrogens with zero attached hydrogens (tertiary/aromatic N) is 1. The highest BCUT2D eigenvalue weighted by Crippen LogP contribution is 2.23. The molecule has 6 nitrogen and oxygen atoms in total. The predicted molar refractivity (Wildman–Crippen MR) is 83.3 cm³/mol. The number of urea groups is 1. The molecule has 1 unspecified atom stereocenters. The third-order valence-corrected chi connectivity index (χ3v) is 3.22. The topological polar surface area (TPSA) is 91.3 Å². The molecular formula is C14H14BrN3O3. The van der Waals surface area contributed by atoms with E-state index in [-0.39, 0.29) is 6.42 Å². The number of amides is 2. The van der Waals surface area contributed by atoms with Crippen LogP contribution in [-0.2, 0) is 4.79 Å². The summed E-state index contributed by atoms with van der Waals surface area (Å²) >= 11 is 3.35. The number of benzene rings is 1. The summed E-state index contributed by atoms with van der Waals surface area (Å²) in [5.41, 5.74) is 1.24. The van der Waals surface area contributed by atoms with Crippen LogP contribution in [0.3, 0.4) is 0 Å². The maximum Gasteiger partial charge on any atom is 0.319 e. The first-order chi connectivity index (χ1) is 9.95. The van der Waals surface area contributed by atoms with Crippen molar-refractivity contribution in [3.8, 4) is 0 Å². The molecule has 21 heavy (non-hydrogen) atoms. The van der Waals surface area contributed by atoms with Crippen LogP contribution in [0.25, 0.3) is 10.9 Å². The Morgan fingerprint density at radius 2 is 2.19 bits per heavy atom. The van der Waals surface area contributed by atoms with Gasteiger partial charge in [0, 0.05) is 22.1 Å². The molecule has 0 aliphatic heterocycles. The van der Waals surface area contributed by atoms with Crippen molar-refractivity contribution in [2.24, 2.45) is 0 Å². The summed E-state index contributed by atoms with van der Waals surface area (Å²) in [5.74, 6) is -0.959. The number of para-hydroxylation sites is 1. The van der Waals surface area contributed by atoms with Gasteiger partial charge in [-0.05, 0) is 35.0 Å². The van der Waals surface area contributed by atoms with Gasteiger partial charge in [0.15, 0.2) is 0 Å². The molecule has 3 N–H and O–H groups in total. The van der Waals surface area contributed by atoms with Crippen LogP contribution in [0.15, 0.2) is 34.9 Å². The van der Waals surface area contributed by atoms with Gasteiger partial charge in [0.1, 0.15) is 0 Å². The zero-order valence-corrected chi connectivity index (χ0v) is 12.8. The lowest BCUT2D eigenvalue weighted by Gasteiger charge is -2.13. The number of carboxylic acids is 1. The molecule has 0 radical (unpaired) electrons. The van der Waals surface area contributed by atoms with Gasteiger partial charge in [0.05, 0.1) is 17.6 Å². The fraction of sp³-hybridized carbons (Fsp3) is 0.214. The number of carbonyl (C=O) groups excluding carboxylic acids is 1. The molecule has 1 heterocycles. The summed E-state index contributed by atoms with van der Waals surface area (Å²) in [6.07, 6.45) is 1.52. The van der Waals surface area contributed by atoms with Crippen LogP contribution in [0.4, 0.5) is 10.5 Å². The Bertz CT molecular complexity index is 690. The average molecular weight is 352 g/mol. The fourth-order valence-corrected chi connectivity index (χ4v) is 2.28. The number of rotatable bonds is 4. The third kappa shape index (κ3) is 4.16. The first kappa shape index (κ1) is 15.2. The van der Waals surface area contributed by atoms with Crippen LogP contribution in [0.2, 0.25) is 0 Å². The molecule has 1 aromatic carbocycles. The van der Waals surface area contributed by atoms with Crippen molar-refractivity contribution in [3.63, 3.8) is 0 Å². The van der Waals surface area contributed by atoms with Crippen molar-refractivity contribution in [2.75, 3.05) is 5.32 Å². The monoisotopic (exact) mass is 351 g/mol. The zero-order chi connectivity index (χ0) is 15.4. The van der Waals surface area contributed by atoms with Crippen LogP contribution in [-0.4, -0.2) is 28.1 Å². The summed E-state index contributed by atoms with van der Waals surface area (Å²) in [7, 11) is 0. The lowest BCUT2D eigenvalue weighted by molar-refractivity contribution is -0.137. The van der Waals surface area contributed by atoms with Gasteiger partial charge in [-0.3, -0.25) is 9.78 Å². The highest BCUT2D eigenvalue weighted by atomic mass is 79.9. The molecule has 0 saturated heterocycles. The smallest absolute Gasteiger partial charge is 0.319 e. The summed E-state index contributed by atoms with van der Waals surface area (Å²) in [6.45, 7) is 1.63. The van der Waals surface area contributed by atoms with Crippen molar-refractivity contribution in [3.05, 3.63) is 34.9 Å². The van der Waals surface area contributed by atoms with E-state index in [9.17, 15) is 9.59 Å². The largest absolute Gasteiger partial charge is 0.481 e. The molecule has 7 heteroatoms. The number of nitrogens with one attached hydrogen (secondary N) is 2. The number of pyridine rings is 1. The van der Waals surface area contributed by atoms with Crippen molar-refractivity contribution < 1.29 is 14.7 Å². The Labute approximate surface area is 129 Å². The minimum atomic E-state index is -0.959. The second-order valence-corrected chi connectivity index (χ2v) is 5.54. The number of hydrogen-bond acceptors (Lipinski definition) is 3. The number of hydrogen-bond donors (Lipinski definition) is 3. The maximum atomic E-state index is 11.9. The van der Waals surface area contributed by atoms with Crippen LogP contribution >= 0.6 is 15.9 Å². The quantitative estimate of drug-likeness (QED) is 0.789. The van der Waals surface area contributed by atoms with E-state index in [1.807, 2.05) is 18.2 Å². The van der Waals surface area contributed by atoms with Crippen LogP contribution in [0.1, 0.15) is 13.3 Å². The molecule has 1 atom stereocenters. The van der Waals surface area contributed by atoms with Crippen LogP contribution in [0, 0.1) is 0 Å². The Morgan fingerprint density at radius 1 is 1.43 bits per heavy atom. The fourth-order valence-electron chi connectivity index (χ4n) is 1.93. The average Bonchev–Trinajstić information content (AvgIpc) is 2.37. The van der Waals surface area contributed by atoms with Gasteiger partial charge < -0.3 is 15.7 Å². The molecule has 1 aromatic heterocycles. The van der Waals surface area contributed by atoms with Crippen molar-refractivity contribution in [2.45, 2.75) is 19.4 Å². The molecule has 2 rings (SSSR count). The van der Waals surface area contributed by atoms with E-state index in [4.69, 9.17) is 5.11 Å². The van der Waals surface area contributed by atoms with Gasteiger partial charge in [0.25, 0.3) is 0 Å². The zero-order valence-electron chi connectivity index (χ0n) is 11.3. The lowest BCUT2D eigenvalue weighted by Crippen LogP contribution is -2.37. The summed E-state index contributed by atoms with van der Waals surface area (Å²) in [4.78, 5) is 26.7. The van der Waals surface area contributed by atoms with E-state index in [1.165, 1.54) is 0 Å². The second-order valence-electron chi connectivity index (χ2n) is 4.63. The molecule has 2 amide bonds. The molecular weight excluding hydrogens is 338 g/mol. The second kappa shape index (κ2) is 6.53. The normalized spacial score (nSPS) is 11.9. The van der Waals surface area contributed by atoms with E-state index < -0.39 is 18.0 Å². The highest BCUT2D eigenvalue weighted by molar-refractivity contribution is 9.10. The van der Waals surface area contributed by atoms with E-state index >= 15 is 0 Å². The minimum Gasteiger partial charge on any atom is -0.481 e. The molecule has 0 spiro atoms. The molecule has 0 fully saturated rings. The SMILES string of the molecule is CC(CC(=O)O)NC(=O)Nc1cccc2cc(Br)cnc12. The summed E-state index contributed by atoms with van der Waals surface area (Å²) in [5, 5.41) is 14.8. The number of carboxylic acid groups (broad SMARTS) is 1. The van der Waals surface area contributed by atoms with Gasteiger partial charge in [-0.2, -0.15) is 0 Å². The Kier molecular flexibility index (Phi) is 4.74. The van der Waals surface area contributed by atoms with Crippen molar-refractivity contribution in [1.29, 1.82) is 0 Å². The van der Waals surface area contributed by atoms with Gasteiger partial charge in [-0.1, -0.05) is 12.1 Å². The maximum absolute atomic E-state index is 11.9. The molecule has 0 saturated carbocycles. The third-order valence-electron chi connectivity index (χ3n) is 2.78. The standard InChI is InChI=1S/C14H14BrN3O3/c1-8(5-12(19)20)17-14(21)18-11-4-2-3-9-6-10(15)7-16-13(9)11/h2-4,6-8H,5H2,1H3,(H,19,20)(H2,17,18,21). The number of aliphatic carboxylic acids is 1. The van der Waals surface area contributed by atoms with Gasteiger partial charge >= 0.3 is 12.0 Å². The number of aromatic nitrogens is 1. The van der Waals surface area contributed by atoms with E-state index in [0.29, 0.717) is 11.2 Å². The first-order valence-electron chi connectivity index (χ1n) is 6.29. The van der Waals surface area contributed by atoms with E-state index in [0.717, 1.165) is 9.86 Å². The number of fused-ring (bicyclic) bond motifs is 1. The lowest BCUT2D eigenvalue weighted by atomic mass is 10.2. The van der Waals surface area contributed by atoms with Crippen molar-refractivity contribution >= 4 is 44.5 Å². The Balaban J connectivity index is 2.12. The first-order valence-corrected chi connectivity index (χ1v) is 7.08. The van der Waals surface area contributed by atoms with E-state index in [1.54, 1.807) is 19.2 Å². The van der Waals surface area contributed by atoms with E-state index in [2.05, 4.69) is 31.5 Å².